The summed E-state index contributed by atoms with van der Waals surface area (Å²) in [7, 11) is 0. The monoisotopic (exact) mass is 322 g/mol. The van der Waals surface area contributed by atoms with Gasteiger partial charge < -0.3 is 4.74 Å². The number of carbonyl (C=O) groups is 1. The Morgan fingerprint density at radius 1 is 1.13 bits per heavy atom. The molecule has 1 aromatic carbocycles. The molecule has 0 aliphatic rings. The normalized spacial score (nSPS) is 11.3. The highest BCUT2D eigenvalue weighted by Crippen LogP contribution is 2.26. The molecular weight excluding hydrogens is 291 g/mol. The Morgan fingerprint density at radius 2 is 1.83 bits per heavy atom. The maximum absolute atomic E-state index is 14.5. The van der Waals surface area contributed by atoms with Gasteiger partial charge in [0.1, 0.15) is 5.78 Å². The van der Waals surface area contributed by atoms with Crippen molar-refractivity contribution >= 4 is 5.78 Å². The van der Waals surface area contributed by atoms with Crippen molar-refractivity contribution in [2.24, 2.45) is 11.8 Å². The zero-order valence-electron chi connectivity index (χ0n) is 15.2. The van der Waals surface area contributed by atoms with E-state index in [9.17, 15) is 9.18 Å². The minimum absolute atomic E-state index is 0.115. The van der Waals surface area contributed by atoms with E-state index < -0.39 is 0 Å². The molecule has 0 spiro atoms. The topological polar surface area (TPSA) is 26.3 Å². The number of Topliss-reactive ketones (excluding diaryl/α,β-unsaturated/α-hetero) is 1. The van der Waals surface area contributed by atoms with E-state index in [-0.39, 0.29) is 11.7 Å². The van der Waals surface area contributed by atoms with Gasteiger partial charge in [0.05, 0.1) is 6.61 Å². The van der Waals surface area contributed by atoms with Gasteiger partial charge in [-0.05, 0) is 49.3 Å². The second kappa shape index (κ2) is 9.69. The van der Waals surface area contributed by atoms with Crippen LogP contribution in [0.25, 0.3) is 0 Å². The van der Waals surface area contributed by atoms with E-state index in [0.717, 1.165) is 30.4 Å². The predicted molar refractivity (Wildman–Crippen MR) is 93.5 cm³/mol. The number of hydrogen-bond donors (Lipinski definition) is 0. The van der Waals surface area contributed by atoms with Gasteiger partial charge in [0.25, 0.3) is 0 Å². The van der Waals surface area contributed by atoms with Gasteiger partial charge in [-0.2, -0.15) is 0 Å². The molecule has 0 radical (unpaired) electrons. The molecule has 0 bridgehead atoms. The van der Waals surface area contributed by atoms with E-state index in [2.05, 4.69) is 0 Å². The predicted octanol–water partition coefficient (Wildman–Crippen LogP) is 5.50. The fourth-order valence-corrected chi connectivity index (χ4v) is 2.44. The molecule has 1 aromatic rings. The first-order chi connectivity index (χ1) is 10.8. The number of ether oxygens (including phenoxy) is 1. The van der Waals surface area contributed by atoms with Gasteiger partial charge >= 0.3 is 0 Å². The second-order valence-corrected chi connectivity index (χ2v) is 7.06. The standard InChI is InChI=1S/C20H31FO2/c1-14(2)13-23-19-12-11-16(5)17(20(19)21)9-7-6-8-10-18(22)15(3)4/h11-12,14-15H,6-10,13H2,1-5H3. The number of carbonyl (C=O) groups excluding carboxylic acids is 1. The summed E-state index contributed by atoms with van der Waals surface area (Å²) >= 11 is 0. The van der Waals surface area contributed by atoms with Crippen LogP contribution in [0.2, 0.25) is 0 Å². The molecule has 0 saturated heterocycles. The summed E-state index contributed by atoms with van der Waals surface area (Å²) in [5, 5.41) is 0. The van der Waals surface area contributed by atoms with E-state index in [0.29, 0.717) is 36.9 Å². The van der Waals surface area contributed by atoms with Crippen LogP contribution in [-0.2, 0) is 11.2 Å². The summed E-state index contributed by atoms with van der Waals surface area (Å²) in [6.07, 6.45) is 4.08. The first-order valence-electron chi connectivity index (χ1n) is 8.76. The molecule has 23 heavy (non-hydrogen) atoms. The summed E-state index contributed by atoms with van der Waals surface area (Å²) in [6, 6.07) is 3.65. The summed E-state index contributed by atoms with van der Waals surface area (Å²) in [6.45, 7) is 10.4. The first-order valence-corrected chi connectivity index (χ1v) is 8.76. The molecule has 0 atom stereocenters. The lowest BCUT2D eigenvalue weighted by Crippen LogP contribution is -2.08. The zero-order chi connectivity index (χ0) is 17.4. The van der Waals surface area contributed by atoms with Crippen LogP contribution in [0.4, 0.5) is 4.39 Å². The lowest BCUT2D eigenvalue weighted by molar-refractivity contribution is -0.122. The molecule has 0 aliphatic heterocycles. The maximum atomic E-state index is 14.5. The summed E-state index contributed by atoms with van der Waals surface area (Å²) in [5.41, 5.74) is 1.72. The third-order valence-corrected chi connectivity index (χ3v) is 4.01. The van der Waals surface area contributed by atoms with Gasteiger partial charge in [0.2, 0.25) is 0 Å². The molecule has 1 rings (SSSR count). The first kappa shape index (κ1) is 19.7. The highest BCUT2D eigenvalue weighted by Gasteiger charge is 2.13. The lowest BCUT2D eigenvalue weighted by atomic mass is 9.98. The number of benzene rings is 1. The molecule has 2 nitrogen and oxygen atoms in total. The third-order valence-electron chi connectivity index (χ3n) is 4.01. The van der Waals surface area contributed by atoms with Crippen LogP contribution in [0.1, 0.15) is 64.5 Å². The van der Waals surface area contributed by atoms with Crippen LogP contribution in [-0.4, -0.2) is 12.4 Å². The molecule has 0 saturated carbocycles. The Kier molecular flexibility index (Phi) is 8.29. The van der Waals surface area contributed by atoms with Gasteiger partial charge in [0.15, 0.2) is 11.6 Å². The molecule has 0 fully saturated rings. The summed E-state index contributed by atoms with van der Waals surface area (Å²) in [5.74, 6) is 0.941. The van der Waals surface area contributed by atoms with Gasteiger partial charge in [-0.3, -0.25) is 4.79 Å². The Bertz CT molecular complexity index is 507. The SMILES string of the molecule is Cc1ccc(OCC(C)C)c(F)c1CCCCCC(=O)C(C)C. The van der Waals surface area contributed by atoms with Crippen molar-refractivity contribution in [3.8, 4) is 5.75 Å². The fraction of sp³-hybridized carbons (Fsp3) is 0.650. The second-order valence-electron chi connectivity index (χ2n) is 7.06. The van der Waals surface area contributed by atoms with Crippen molar-refractivity contribution < 1.29 is 13.9 Å². The number of unbranched alkanes of at least 4 members (excludes halogenated alkanes) is 2. The van der Waals surface area contributed by atoms with E-state index in [4.69, 9.17) is 4.74 Å². The van der Waals surface area contributed by atoms with E-state index in [1.165, 1.54) is 0 Å². The van der Waals surface area contributed by atoms with Crippen LogP contribution in [0, 0.1) is 24.6 Å². The Balaban J connectivity index is 2.52. The molecule has 3 heteroatoms. The largest absolute Gasteiger partial charge is 0.490 e. The van der Waals surface area contributed by atoms with Crippen LogP contribution >= 0.6 is 0 Å². The van der Waals surface area contributed by atoms with Crippen LogP contribution < -0.4 is 4.74 Å². The smallest absolute Gasteiger partial charge is 0.168 e. The molecule has 0 unspecified atom stereocenters. The van der Waals surface area contributed by atoms with Gasteiger partial charge in [0, 0.05) is 12.3 Å². The summed E-state index contributed by atoms with van der Waals surface area (Å²) in [4.78, 5) is 11.6. The Hall–Kier alpha value is -1.38. The molecule has 130 valence electrons. The van der Waals surface area contributed by atoms with Crippen molar-refractivity contribution in [2.45, 2.75) is 66.7 Å². The van der Waals surface area contributed by atoms with Crippen molar-refractivity contribution in [3.05, 3.63) is 29.1 Å². The average Bonchev–Trinajstić information content (AvgIpc) is 2.48. The average molecular weight is 322 g/mol. The highest BCUT2D eigenvalue weighted by molar-refractivity contribution is 5.80. The molecule has 0 amide bonds. The zero-order valence-corrected chi connectivity index (χ0v) is 15.2. The van der Waals surface area contributed by atoms with Gasteiger partial charge in [-0.25, -0.2) is 4.39 Å². The maximum Gasteiger partial charge on any atom is 0.168 e. The number of aryl methyl sites for hydroxylation is 1. The van der Waals surface area contributed by atoms with Crippen molar-refractivity contribution in [2.75, 3.05) is 6.61 Å². The molecule has 0 aliphatic carbocycles. The third kappa shape index (κ3) is 6.72. The van der Waals surface area contributed by atoms with Crippen LogP contribution in [0.15, 0.2) is 12.1 Å². The van der Waals surface area contributed by atoms with Gasteiger partial charge in [-0.1, -0.05) is 40.2 Å². The van der Waals surface area contributed by atoms with Crippen molar-refractivity contribution in [1.29, 1.82) is 0 Å². The molecular formula is C20H31FO2. The number of ketones is 1. The van der Waals surface area contributed by atoms with Crippen LogP contribution in [0.5, 0.6) is 5.75 Å². The lowest BCUT2D eigenvalue weighted by Gasteiger charge is -2.14. The minimum atomic E-state index is -0.219. The Labute approximate surface area is 140 Å². The fourth-order valence-electron chi connectivity index (χ4n) is 2.44. The van der Waals surface area contributed by atoms with E-state index in [1.807, 2.05) is 40.7 Å². The highest BCUT2D eigenvalue weighted by atomic mass is 19.1. The van der Waals surface area contributed by atoms with Crippen molar-refractivity contribution in [1.82, 2.24) is 0 Å². The minimum Gasteiger partial charge on any atom is -0.490 e. The molecule has 0 aromatic heterocycles. The Morgan fingerprint density at radius 3 is 2.43 bits per heavy atom. The quantitative estimate of drug-likeness (QED) is 0.532. The number of halogens is 1. The number of hydrogen-bond acceptors (Lipinski definition) is 2. The van der Waals surface area contributed by atoms with Gasteiger partial charge in [-0.15, -0.1) is 0 Å². The summed E-state index contributed by atoms with van der Waals surface area (Å²) < 4.78 is 20.1. The van der Waals surface area contributed by atoms with Crippen molar-refractivity contribution in [3.63, 3.8) is 0 Å². The number of rotatable bonds is 10. The molecule has 0 heterocycles. The van der Waals surface area contributed by atoms with Crippen LogP contribution in [0.3, 0.4) is 0 Å². The van der Waals surface area contributed by atoms with E-state index in [1.54, 1.807) is 6.07 Å². The molecule has 0 N–H and O–H groups in total. The van der Waals surface area contributed by atoms with E-state index >= 15 is 0 Å².